The Morgan fingerprint density at radius 2 is 1.91 bits per heavy atom. The Bertz CT molecular complexity index is 2160. The molecule has 24 heteroatoms. The Kier molecular flexibility index (Phi) is 7.75. The lowest BCUT2D eigenvalue weighted by molar-refractivity contribution is -0.0426. The summed E-state index contributed by atoms with van der Waals surface area (Å²) in [6.45, 7) is -8.19. The predicted octanol–water partition coefficient (Wildman–Crippen LogP) is 1.38. The fourth-order valence-corrected chi connectivity index (χ4v) is 8.98. The number of H-pyrrole nitrogens is 1. The molecule has 2 saturated heterocycles. The number of anilines is 1. The average molecular weight is 730 g/mol. The molecule has 47 heavy (non-hydrogen) atoms. The molecule has 0 bridgehead atoms. The van der Waals surface area contributed by atoms with Crippen LogP contribution in [0.4, 0.5) is 10.2 Å². The van der Waals surface area contributed by atoms with Gasteiger partial charge in [0.05, 0.1) is 32.5 Å². The maximum Gasteiger partial charge on any atom is 0.386 e. The molecular weight excluding hydrogens is 703 g/mol. The molecule has 19 nitrogen and oxygen atoms in total. The second kappa shape index (κ2) is 11.6. The van der Waals surface area contributed by atoms with Crippen LogP contribution in [-0.2, 0) is 45.7 Å². The highest BCUT2D eigenvalue weighted by Gasteiger charge is 2.52. The Balaban J connectivity index is 1.02. The van der Waals surface area contributed by atoms with Crippen LogP contribution in [-0.4, -0.2) is 91.7 Å². The number of rotatable bonds is 3. The number of alkyl halides is 1. The van der Waals surface area contributed by atoms with Gasteiger partial charge in [0.1, 0.15) is 30.4 Å². The number of nitrogen functional groups attached to an aromatic ring is 1. The van der Waals surface area contributed by atoms with Gasteiger partial charge in [-0.3, -0.25) is 13.9 Å². The SMILES string of the molecule is Nc1ncnc2c1ncn2[C@@H]1O[C@@H]2COP(O)(=S)OC[C@@H]3[C@@H](COP(=O)(S)O[C@H]2[C@H]1F)C[C@H]3Cn1cnc2c(=O)n3cn[nH]c3nc21. The number of imidazole rings is 2. The van der Waals surface area contributed by atoms with E-state index in [1.165, 1.54) is 34.3 Å². The molecule has 0 radical (unpaired) electrons. The summed E-state index contributed by atoms with van der Waals surface area (Å²) in [6, 6.07) is 0. The van der Waals surface area contributed by atoms with Crippen LogP contribution in [0.25, 0.3) is 28.1 Å². The first-order valence-corrected chi connectivity index (χ1v) is 19.5. The van der Waals surface area contributed by atoms with E-state index in [1.807, 2.05) is 0 Å². The highest BCUT2D eigenvalue weighted by Crippen LogP contribution is 2.59. The summed E-state index contributed by atoms with van der Waals surface area (Å²) in [5.41, 5.74) is 6.50. The Morgan fingerprint density at radius 3 is 2.77 bits per heavy atom. The molecule has 3 fully saturated rings. The molecule has 0 spiro atoms. The van der Waals surface area contributed by atoms with Crippen molar-refractivity contribution >= 4 is 71.5 Å². The van der Waals surface area contributed by atoms with Gasteiger partial charge in [-0.05, 0) is 36.0 Å². The van der Waals surface area contributed by atoms with Crippen LogP contribution >= 0.6 is 25.8 Å². The van der Waals surface area contributed by atoms with Gasteiger partial charge in [-0.2, -0.15) is 10.1 Å². The minimum atomic E-state index is -4.16. The second-order valence-electron chi connectivity index (χ2n) is 11.4. The number of nitrogens with two attached hydrogens (primary N) is 1. The van der Waals surface area contributed by atoms with Gasteiger partial charge in [-0.1, -0.05) is 12.2 Å². The normalized spacial score (nSPS) is 35.2. The summed E-state index contributed by atoms with van der Waals surface area (Å²) < 4.78 is 62.4. The van der Waals surface area contributed by atoms with Gasteiger partial charge in [0.15, 0.2) is 35.0 Å². The van der Waals surface area contributed by atoms with Gasteiger partial charge in [-0.25, -0.2) is 38.4 Å². The van der Waals surface area contributed by atoms with E-state index in [4.69, 9.17) is 40.4 Å². The molecule has 5 aromatic heterocycles. The van der Waals surface area contributed by atoms with Crippen LogP contribution in [0, 0.1) is 17.8 Å². The maximum absolute atomic E-state index is 16.1. The standard InChI is InChI=1S/C23H26FN11O8P2S2/c24-14-17-13(42-22(14)34-8-29-15-18(25)26-6-27-19(15)34)5-41-44(37,46)40-4-12-10(1-11(12)3-39-45(38,47)43-17)2-33-7-28-16-20(33)31-23-32-30-9-35(23)21(16)36/h6-14,17,22H,1-5H2,(H,31,32)(H,37,46)(H,38,47)(H2,25,26,27)/t10-,11+,12-,13+,14+,17+,22+,44?,45?/m0/s1. The number of thiol groups is 1. The topological polar surface area (TPSA) is 234 Å². The molecule has 8 rings (SSSR count). The second-order valence-corrected chi connectivity index (χ2v) is 17.2. The zero-order valence-electron chi connectivity index (χ0n) is 23.9. The van der Waals surface area contributed by atoms with Crippen molar-refractivity contribution in [1.82, 2.24) is 48.7 Å². The third kappa shape index (κ3) is 5.59. The summed E-state index contributed by atoms with van der Waals surface area (Å²) >= 11 is 9.42. The Hall–Kier alpha value is -2.91. The molecule has 1 saturated carbocycles. The molecule has 3 aliphatic rings. The molecule has 0 aromatic carbocycles. The highest BCUT2D eigenvalue weighted by atomic mass is 32.7. The van der Waals surface area contributed by atoms with Crippen LogP contribution in [0.5, 0.6) is 0 Å². The zero-order valence-corrected chi connectivity index (χ0v) is 27.4. The van der Waals surface area contributed by atoms with Crippen LogP contribution in [0.1, 0.15) is 12.6 Å². The number of hydrogen-bond donors (Lipinski definition) is 4. The fraction of sp³-hybridized carbons (Fsp3) is 0.522. The minimum absolute atomic E-state index is 0.0246. The van der Waals surface area contributed by atoms with Crippen LogP contribution < -0.4 is 11.3 Å². The predicted molar refractivity (Wildman–Crippen MR) is 166 cm³/mol. The van der Waals surface area contributed by atoms with E-state index in [1.54, 1.807) is 4.57 Å². The summed E-state index contributed by atoms with van der Waals surface area (Å²) in [6.07, 6.45) is -0.0889. The van der Waals surface area contributed by atoms with Crippen LogP contribution in [0.3, 0.4) is 0 Å². The molecule has 4 N–H and O–H groups in total. The van der Waals surface area contributed by atoms with E-state index in [9.17, 15) is 14.3 Å². The van der Waals surface area contributed by atoms with Crippen molar-refractivity contribution in [2.75, 3.05) is 25.6 Å². The molecule has 1 aliphatic carbocycles. The van der Waals surface area contributed by atoms with Crippen molar-refractivity contribution < 1.29 is 36.7 Å². The lowest BCUT2D eigenvalue weighted by Crippen LogP contribution is -2.44. The smallest absolute Gasteiger partial charge is 0.382 e. The van der Waals surface area contributed by atoms with E-state index in [0.717, 1.165) is 0 Å². The van der Waals surface area contributed by atoms with Gasteiger partial charge in [0, 0.05) is 6.54 Å². The average Bonchev–Trinajstić information content (AvgIpc) is 3.81. The lowest BCUT2D eigenvalue weighted by Gasteiger charge is -2.45. The first-order valence-electron chi connectivity index (χ1n) is 14.2. The van der Waals surface area contributed by atoms with Crippen molar-refractivity contribution in [3.8, 4) is 0 Å². The molecule has 5 aromatic rings. The number of halogens is 1. The maximum atomic E-state index is 16.1. The van der Waals surface area contributed by atoms with Gasteiger partial charge in [0.2, 0.25) is 5.78 Å². The largest absolute Gasteiger partial charge is 0.386 e. The summed E-state index contributed by atoms with van der Waals surface area (Å²) in [5, 5.41) is 6.53. The lowest BCUT2D eigenvalue weighted by atomic mass is 9.65. The molecule has 0 amide bonds. The van der Waals surface area contributed by atoms with Crippen molar-refractivity contribution in [2.45, 2.75) is 37.6 Å². The number of nitrogens with one attached hydrogen (secondary N) is 1. The molecule has 2 unspecified atom stereocenters. The van der Waals surface area contributed by atoms with E-state index in [2.05, 4.69) is 47.4 Å². The number of aromatic amines is 1. The molecular formula is C23H26FN11O8P2S2. The summed E-state index contributed by atoms with van der Waals surface area (Å²) in [7, 11) is 0. The zero-order chi connectivity index (χ0) is 32.7. The van der Waals surface area contributed by atoms with Gasteiger partial charge >= 0.3 is 13.5 Å². The number of hydrogen-bond acceptors (Lipinski definition) is 15. The molecule has 9 atom stereocenters. The highest BCUT2D eigenvalue weighted by molar-refractivity contribution is 8.44. The van der Waals surface area contributed by atoms with Crippen molar-refractivity contribution in [1.29, 1.82) is 0 Å². The van der Waals surface area contributed by atoms with Gasteiger partial charge in [0.25, 0.3) is 5.56 Å². The van der Waals surface area contributed by atoms with Gasteiger partial charge in [-0.15, -0.1) is 0 Å². The van der Waals surface area contributed by atoms with Crippen LogP contribution in [0.2, 0.25) is 0 Å². The molecule has 2 aliphatic heterocycles. The quantitative estimate of drug-likeness (QED) is 0.152. The number of fused-ring (bicyclic) bond motifs is 5. The van der Waals surface area contributed by atoms with Crippen LogP contribution in [0.15, 0.2) is 30.1 Å². The monoisotopic (exact) mass is 729 g/mol. The number of aromatic nitrogens is 10. The Morgan fingerprint density at radius 1 is 1.11 bits per heavy atom. The van der Waals surface area contributed by atoms with Crippen molar-refractivity contribution in [2.24, 2.45) is 17.8 Å². The number of ether oxygens (including phenoxy) is 1. The molecule has 7 heterocycles. The summed E-state index contributed by atoms with van der Waals surface area (Å²) in [4.78, 5) is 44.6. The van der Waals surface area contributed by atoms with E-state index in [-0.39, 0.29) is 64.8 Å². The fourth-order valence-electron chi connectivity index (χ4n) is 6.32. The van der Waals surface area contributed by atoms with Gasteiger partial charge < -0.3 is 33.5 Å². The van der Waals surface area contributed by atoms with E-state index >= 15 is 4.39 Å². The minimum Gasteiger partial charge on any atom is -0.382 e. The van der Waals surface area contributed by atoms with Crippen molar-refractivity contribution in [3.63, 3.8) is 0 Å². The van der Waals surface area contributed by atoms with Crippen molar-refractivity contribution in [3.05, 3.63) is 35.7 Å². The van der Waals surface area contributed by atoms with E-state index in [0.29, 0.717) is 18.6 Å². The Labute approximate surface area is 272 Å². The third-order valence-corrected chi connectivity index (χ3v) is 11.9. The van der Waals surface area contributed by atoms with E-state index < -0.39 is 44.7 Å². The number of nitrogens with zero attached hydrogens (tertiary/aromatic N) is 9. The molecule has 250 valence electrons. The third-order valence-electron chi connectivity index (χ3n) is 8.72. The first-order chi connectivity index (χ1) is 22.5. The summed E-state index contributed by atoms with van der Waals surface area (Å²) in [5.74, 6) is -0.183. The first kappa shape index (κ1) is 31.4.